The smallest absolute Gasteiger partial charge is 0.307 e. The third-order valence-corrected chi connectivity index (χ3v) is 4.30. The molecule has 2 rings (SSSR count). The third kappa shape index (κ3) is 3.61. The number of carboxylic acids is 1. The van der Waals surface area contributed by atoms with E-state index in [1.165, 1.54) is 0 Å². The van der Waals surface area contributed by atoms with E-state index in [1.54, 1.807) is 24.3 Å². The Morgan fingerprint density at radius 3 is 2.33 bits per heavy atom. The molecule has 3 unspecified atom stereocenters. The van der Waals surface area contributed by atoms with Gasteiger partial charge in [0.1, 0.15) is 0 Å². The van der Waals surface area contributed by atoms with E-state index in [-0.39, 0.29) is 12.5 Å². The van der Waals surface area contributed by atoms with Gasteiger partial charge >= 0.3 is 5.97 Å². The summed E-state index contributed by atoms with van der Waals surface area (Å²) in [6.45, 7) is 1.98. The average molecular weight is 291 g/mol. The van der Waals surface area contributed by atoms with E-state index in [2.05, 4.69) is 5.32 Å². The van der Waals surface area contributed by atoms with Gasteiger partial charge in [0.25, 0.3) is 0 Å². The molecule has 1 aromatic carbocycles. The number of rotatable bonds is 5. The summed E-state index contributed by atoms with van der Waals surface area (Å²) in [5.41, 5.74) is 1.39. The molecule has 5 nitrogen and oxygen atoms in total. The van der Waals surface area contributed by atoms with Crippen LogP contribution in [0.5, 0.6) is 0 Å². The topological polar surface area (TPSA) is 86.6 Å². The molecule has 0 saturated heterocycles. The van der Waals surface area contributed by atoms with Gasteiger partial charge in [0.2, 0.25) is 5.91 Å². The maximum absolute atomic E-state index is 12.3. The lowest BCUT2D eigenvalue weighted by Crippen LogP contribution is -2.29. The summed E-state index contributed by atoms with van der Waals surface area (Å²) < 4.78 is 0. The number of amides is 1. The fraction of sp³-hybridized carbons (Fsp3) is 0.500. The van der Waals surface area contributed by atoms with E-state index in [4.69, 9.17) is 5.11 Å². The van der Waals surface area contributed by atoms with E-state index in [9.17, 15) is 14.7 Å². The second kappa shape index (κ2) is 6.72. The average Bonchev–Trinajstić information content (AvgIpc) is 2.92. The first-order valence-corrected chi connectivity index (χ1v) is 7.28. The van der Waals surface area contributed by atoms with Crippen molar-refractivity contribution in [2.24, 2.45) is 17.8 Å². The molecule has 0 aliphatic heterocycles. The number of carbonyl (C=O) groups excluding carboxylic acids is 1. The zero-order chi connectivity index (χ0) is 15.4. The van der Waals surface area contributed by atoms with Gasteiger partial charge in [0, 0.05) is 5.69 Å². The molecule has 3 N–H and O–H groups in total. The minimum Gasteiger partial charge on any atom is -0.481 e. The van der Waals surface area contributed by atoms with E-state index in [0.29, 0.717) is 24.4 Å². The summed E-state index contributed by atoms with van der Waals surface area (Å²) in [5.74, 6) is -1.87. The third-order valence-electron chi connectivity index (χ3n) is 4.30. The number of aliphatic carboxylic acids is 1. The predicted octanol–water partition coefficient (Wildman–Crippen LogP) is 2.25. The normalized spacial score (nSPS) is 24.8. The second-order valence-electron chi connectivity index (χ2n) is 5.64. The van der Waals surface area contributed by atoms with Crippen LogP contribution in [0, 0.1) is 17.8 Å². The Morgan fingerprint density at radius 1 is 1.19 bits per heavy atom. The Hall–Kier alpha value is -1.88. The number of benzene rings is 1. The van der Waals surface area contributed by atoms with Gasteiger partial charge in [-0.1, -0.05) is 25.5 Å². The first kappa shape index (κ1) is 15.5. The second-order valence-corrected chi connectivity index (χ2v) is 5.64. The highest BCUT2D eigenvalue weighted by molar-refractivity contribution is 5.95. The van der Waals surface area contributed by atoms with Crippen LogP contribution >= 0.6 is 0 Å². The van der Waals surface area contributed by atoms with Crippen LogP contribution in [0.25, 0.3) is 0 Å². The number of carboxylic acid groups (broad SMARTS) is 1. The molecule has 5 heteroatoms. The zero-order valence-electron chi connectivity index (χ0n) is 12.1. The largest absolute Gasteiger partial charge is 0.481 e. The number of hydrogen-bond donors (Lipinski definition) is 3. The summed E-state index contributed by atoms with van der Waals surface area (Å²) >= 11 is 0. The Kier molecular flexibility index (Phi) is 4.96. The molecule has 114 valence electrons. The van der Waals surface area contributed by atoms with Crippen molar-refractivity contribution in [3.05, 3.63) is 29.8 Å². The lowest BCUT2D eigenvalue weighted by molar-refractivity contribution is -0.145. The van der Waals surface area contributed by atoms with E-state index >= 15 is 0 Å². The molecular formula is C16H21NO4. The van der Waals surface area contributed by atoms with Crippen LogP contribution in [0.3, 0.4) is 0 Å². The highest BCUT2D eigenvalue weighted by Crippen LogP contribution is 2.39. The molecule has 0 spiro atoms. The first-order chi connectivity index (χ1) is 10.0. The van der Waals surface area contributed by atoms with Crippen LogP contribution in [0.15, 0.2) is 24.3 Å². The van der Waals surface area contributed by atoms with Crippen molar-refractivity contribution in [3.63, 3.8) is 0 Å². The van der Waals surface area contributed by atoms with Crippen LogP contribution < -0.4 is 5.32 Å². The number of aliphatic hydroxyl groups is 1. The van der Waals surface area contributed by atoms with Crippen molar-refractivity contribution in [1.29, 1.82) is 0 Å². The predicted molar refractivity (Wildman–Crippen MR) is 78.6 cm³/mol. The molecule has 0 aromatic heterocycles. The summed E-state index contributed by atoms with van der Waals surface area (Å²) in [6.07, 6.45) is 2.11. The van der Waals surface area contributed by atoms with E-state index in [0.717, 1.165) is 12.0 Å². The molecule has 0 bridgehead atoms. The number of anilines is 1. The lowest BCUT2D eigenvalue weighted by Gasteiger charge is -2.15. The van der Waals surface area contributed by atoms with E-state index in [1.807, 2.05) is 6.92 Å². The fourth-order valence-corrected chi connectivity index (χ4v) is 2.97. The van der Waals surface area contributed by atoms with Crippen LogP contribution in [0.4, 0.5) is 5.69 Å². The Morgan fingerprint density at radius 2 is 1.81 bits per heavy atom. The maximum atomic E-state index is 12.3. The van der Waals surface area contributed by atoms with Crippen LogP contribution in [-0.4, -0.2) is 22.1 Å². The standard InChI is InChI=1S/C16H21NO4/c1-2-10-7-13(14(8-10)16(20)21)15(19)17-12-5-3-11(9-18)4-6-12/h3-6,10,13-14,18H,2,7-9H2,1H3,(H,17,19)(H,20,21). The molecule has 1 aliphatic rings. The van der Waals surface area contributed by atoms with E-state index < -0.39 is 17.8 Å². The number of carbonyl (C=O) groups is 2. The van der Waals surface area contributed by atoms with Gasteiger partial charge in [-0.05, 0) is 36.5 Å². The summed E-state index contributed by atoms with van der Waals surface area (Å²) in [5, 5.41) is 21.0. The maximum Gasteiger partial charge on any atom is 0.307 e. The number of hydrogen-bond acceptors (Lipinski definition) is 3. The highest BCUT2D eigenvalue weighted by atomic mass is 16.4. The van der Waals surface area contributed by atoms with Gasteiger partial charge in [0.15, 0.2) is 0 Å². The minimum absolute atomic E-state index is 0.0455. The van der Waals surface area contributed by atoms with Crippen molar-refractivity contribution in [1.82, 2.24) is 0 Å². The Balaban J connectivity index is 2.05. The Bertz CT molecular complexity index is 512. The molecule has 3 atom stereocenters. The molecule has 0 radical (unpaired) electrons. The molecule has 1 amide bonds. The monoisotopic (exact) mass is 291 g/mol. The van der Waals surface area contributed by atoms with Gasteiger partial charge in [-0.15, -0.1) is 0 Å². The minimum atomic E-state index is -0.887. The summed E-state index contributed by atoms with van der Waals surface area (Å²) in [6, 6.07) is 6.89. The van der Waals surface area contributed by atoms with Crippen LogP contribution in [0.2, 0.25) is 0 Å². The van der Waals surface area contributed by atoms with Gasteiger partial charge in [-0.2, -0.15) is 0 Å². The summed E-state index contributed by atoms with van der Waals surface area (Å²) in [4.78, 5) is 23.6. The molecule has 1 aromatic rings. The molecule has 1 aliphatic carbocycles. The van der Waals surface area contributed by atoms with Crippen molar-refractivity contribution < 1.29 is 19.8 Å². The molecular weight excluding hydrogens is 270 g/mol. The SMILES string of the molecule is CCC1CC(C(=O)O)C(C(=O)Nc2ccc(CO)cc2)C1. The lowest BCUT2D eigenvalue weighted by atomic mass is 9.95. The first-order valence-electron chi connectivity index (χ1n) is 7.28. The van der Waals surface area contributed by atoms with Crippen molar-refractivity contribution in [2.75, 3.05) is 5.32 Å². The quantitative estimate of drug-likeness (QED) is 0.776. The van der Waals surface area contributed by atoms with Crippen LogP contribution in [-0.2, 0) is 16.2 Å². The van der Waals surface area contributed by atoms with Crippen molar-refractivity contribution in [3.8, 4) is 0 Å². The van der Waals surface area contributed by atoms with Crippen molar-refractivity contribution >= 4 is 17.6 Å². The van der Waals surface area contributed by atoms with Crippen LogP contribution in [0.1, 0.15) is 31.7 Å². The Labute approximate surface area is 124 Å². The summed E-state index contributed by atoms with van der Waals surface area (Å²) in [7, 11) is 0. The molecule has 0 heterocycles. The molecule has 1 saturated carbocycles. The number of aliphatic hydroxyl groups excluding tert-OH is 1. The van der Waals surface area contributed by atoms with Gasteiger partial charge < -0.3 is 15.5 Å². The fourth-order valence-electron chi connectivity index (χ4n) is 2.97. The number of nitrogens with one attached hydrogen (secondary N) is 1. The molecule has 21 heavy (non-hydrogen) atoms. The van der Waals surface area contributed by atoms with Gasteiger partial charge in [0.05, 0.1) is 18.4 Å². The van der Waals surface area contributed by atoms with Gasteiger partial charge in [-0.25, -0.2) is 0 Å². The van der Waals surface area contributed by atoms with Crippen molar-refractivity contribution in [2.45, 2.75) is 32.8 Å². The van der Waals surface area contributed by atoms with Gasteiger partial charge in [-0.3, -0.25) is 9.59 Å². The zero-order valence-corrected chi connectivity index (χ0v) is 12.1. The highest BCUT2D eigenvalue weighted by Gasteiger charge is 2.42. The molecule has 1 fully saturated rings.